The second kappa shape index (κ2) is 19.7. The molecule has 0 aliphatic heterocycles. The van der Waals surface area contributed by atoms with Crippen LogP contribution in [-0.2, 0) is 4.79 Å². The molecular weight excluding hydrogens is 322 g/mol. The van der Waals surface area contributed by atoms with Gasteiger partial charge in [0.15, 0.2) is 0 Å². The number of hydrogen-bond donors (Lipinski definition) is 1. The SMILES string of the molecule is CCCCCC=CCC=CCC=CCC=CCCCC(=O)N(C)CCO. The van der Waals surface area contributed by atoms with Crippen molar-refractivity contribution in [3.8, 4) is 0 Å². The Labute approximate surface area is 161 Å². The molecular formula is C23H39NO2. The Bertz CT molecular complexity index is 435. The molecule has 0 bridgehead atoms. The van der Waals surface area contributed by atoms with Crippen molar-refractivity contribution in [2.75, 3.05) is 20.2 Å². The summed E-state index contributed by atoms with van der Waals surface area (Å²) < 4.78 is 0. The third kappa shape index (κ3) is 17.2. The highest BCUT2D eigenvalue weighted by molar-refractivity contribution is 5.75. The maximum absolute atomic E-state index is 11.7. The largest absolute Gasteiger partial charge is 0.395 e. The van der Waals surface area contributed by atoms with E-state index < -0.39 is 0 Å². The van der Waals surface area contributed by atoms with Gasteiger partial charge in [0.1, 0.15) is 0 Å². The van der Waals surface area contributed by atoms with Gasteiger partial charge in [-0.05, 0) is 44.9 Å². The van der Waals surface area contributed by atoms with E-state index in [4.69, 9.17) is 5.11 Å². The van der Waals surface area contributed by atoms with Gasteiger partial charge in [-0.1, -0.05) is 68.4 Å². The van der Waals surface area contributed by atoms with Crippen LogP contribution in [0.1, 0.15) is 71.1 Å². The predicted molar refractivity (Wildman–Crippen MR) is 113 cm³/mol. The van der Waals surface area contributed by atoms with Gasteiger partial charge in [-0.15, -0.1) is 0 Å². The van der Waals surface area contributed by atoms with E-state index in [2.05, 4.69) is 55.5 Å². The van der Waals surface area contributed by atoms with E-state index in [1.165, 1.54) is 25.7 Å². The Morgan fingerprint density at radius 2 is 1.31 bits per heavy atom. The van der Waals surface area contributed by atoms with E-state index in [9.17, 15) is 4.79 Å². The summed E-state index contributed by atoms with van der Waals surface area (Å²) in [5.41, 5.74) is 0. The smallest absolute Gasteiger partial charge is 0.222 e. The Morgan fingerprint density at radius 3 is 1.81 bits per heavy atom. The molecule has 1 N–H and O–H groups in total. The van der Waals surface area contributed by atoms with Gasteiger partial charge in [0.05, 0.1) is 6.61 Å². The van der Waals surface area contributed by atoms with E-state index in [-0.39, 0.29) is 12.5 Å². The van der Waals surface area contributed by atoms with Crippen molar-refractivity contribution >= 4 is 5.91 Å². The van der Waals surface area contributed by atoms with Crippen molar-refractivity contribution in [2.45, 2.75) is 71.1 Å². The Kier molecular flexibility index (Phi) is 18.5. The number of rotatable bonds is 16. The van der Waals surface area contributed by atoms with Crippen LogP contribution in [0, 0.1) is 0 Å². The summed E-state index contributed by atoms with van der Waals surface area (Å²) in [4.78, 5) is 13.2. The Balaban J connectivity index is 3.53. The lowest BCUT2D eigenvalue weighted by molar-refractivity contribution is -0.130. The molecule has 0 aromatic heterocycles. The molecule has 3 heteroatoms. The predicted octanol–water partition coefficient (Wildman–Crippen LogP) is 5.58. The Morgan fingerprint density at radius 1 is 0.808 bits per heavy atom. The molecule has 26 heavy (non-hydrogen) atoms. The van der Waals surface area contributed by atoms with E-state index in [0.717, 1.165) is 32.1 Å². The summed E-state index contributed by atoms with van der Waals surface area (Å²) in [5, 5.41) is 8.79. The minimum atomic E-state index is 0.0272. The van der Waals surface area contributed by atoms with Gasteiger partial charge in [0.2, 0.25) is 5.91 Å². The molecule has 0 fully saturated rings. The lowest BCUT2D eigenvalue weighted by Crippen LogP contribution is -2.29. The van der Waals surface area contributed by atoms with Crippen LogP contribution in [0.2, 0.25) is 0 Å². The van der Waals surface area contributed by atoms with Crippen LogP contribution in [0.25, 0.3) is 0 Å². The van der Waals surface area contributed by atoms with Crippen molar-refractivity contribution in [2.24, 2.45) is 0 Å². The molecule has 0 heterocycles. The molecule has 0 rings (SSSR count). The van der Waals surface area contributed by atoms with Crippen molar-refractivity contribution in [1.82, 2.24) is 4.90 Å². The van der Waals surface area contributed by atoms with Gasteiger partial charge >= 0.3 is 0 Å². The fraction of sp³-hybridized carbons (Fsp3) is 0.609. The monoisotopic (exact) mass is 361 g/mol. The van der Waals surface area contributed by atoms with Crippen LogP contribution in [0.15, 0.2) is 48.6 Å². The molecule has 0 aromatic rings. The molecule has 0 saturated heterocycles. The second-order valence-corrected chi connectivity index (χ2v) is 6.52. The molecule has 0 unspecified atom stereocenters. The highest BCUT2D eigenvalue weighted by Gasteiger charge is 2.05. The average Bonchev–Trinajstić information content (AvgIpc) is 2.64. The first kappa shape index (κ1) is 24.4. The lowest BCUT2D eigenvalue weighted by Gasteiger charge is -2.14. The number of carbonyl (C=O) groups is 1. The summed E-state index contributed by atoms with van der Waals surface area (Å²) in [6.07, 6.45) is 28.1. The lowest BCUT2D eigenvalue weighted by atomic mass is 10.2. The van der Waals surface area contributed by atoms with Crippen molar-refractivity contribution in [1.29, 1.82) is 0 Å². The molecule has 0 atom stereocenters. The number of hydrogen-bond acceptors (Lipinski definition) is 2. The third-order valence-electron chi connectivity index (χ3n) is 4.08. The van der Waals surface area contributed by atoms with E-state index >= 15 is 0 Å². The first-order chi connectivity index (χ1) is 12.7. The quantitative estimate of drug-likeness (QED) is 0.288. The molecule has 0 aliphatic carbocycles. The summed E-state index contributed by atoms with van der Waals surface area (Å²) in [6.45, 7) is 2.68. The van der Waals surface area contributed by atoms with Crippen LogP contribution in [-0.4, -0.2) is 36.1 Å². The third-order valence-corrected chi connectivity index (χ3v) is 4.08. The van der Waals surface area contributed by atoms with Crippen LogP contribution in [0.5, 0.6) is 0 Å². The molecule has 0 aliphatic rings. The fourth-order valence-corrected chi connectivity index (χ4v) is 2.40. The first-order valence-electron chi connectivity index (χ1n) is 10.2. The van der Waals surface area contributed by atoms with Crippen molar-refractivity contribution in [3.05, 3.63) is 48.6 Å². The molecule has 148 valence electrons. The van der Waals surface area contributed by atoms with Gasteiger partial charge in [-0.25, -0.2) is 0 Å². The van der Waals surface area contributed by atoms with Gasteiger partial charge < -0.3 is 10.0 Å². The molecule has 0 spiro atoms. The fourth-order valence-electron chi connectivity index (χ4n) is 2.40. The minimum absolute atomic E-state index is 0.0272. The molecule has 0 aromatic carbocycles. The second-order valence-electron chi connectivity index (χ2n) is 6.52. The van der Waals surface area contributed by atoms with Crippen LogP contribution >= 0.6 is 0 Å². The topological polar surface area (TPSA) is 40.5 Å². The van der Waals surface area contributed by atoms with Crippen molar-refractivity contribution in [3.63, 3.8) is 0 Å². The highest BCUT2D eigenvalue weighted by Crippen LogP contribution is 2.02. The van der Waals surface area contributed by atoms with E-state index in [1.807, 2.05) is 0 Å². The Hall–Kier alpha value is -1.61. The summed E-state index contributed by atoms with van der Waals surface area (Å²) in [6, 6.07) is 0. The number of amides is 1. The summed E-state index contributed by atoms with van der Waals surface area (Å²) in [5.74, 6) is 0.106. The van der Waals surface area contributed by atoms with Gasteiger partial charge in [0, 0.05) is 20.0 Å². The zero-order chi connectivity index (χ0) is 19.3. The highest BCUT2D eigenvalue weighted by atomic mass is 16.3. The number of unbranched alkanes of at least 4 members (excludes halogenated alkanes) is 4. The van der Waals surface area contributed by atoms with Gasteiger partial charge in [-0.3, -0.25) is 4.79 Å². The van der Waals surface area contributed by atoms with E-state index in [1.54, 1.807) is 11.9 Å². The summed E-state index contributed by atoms with van der Waals surface area (Å²) in [7, 11) is 1.73. The number of aliphatic hydroxyl groups is 1. The van der Waals surface area contributed by atoms with E-state index in [0.29, 0.717) is 13.0 Å². The number of likely N-dealkylation sites (N-methyl/N-ethyl adjacent to an activating group) is 1. The molecule has 0 saturated carbocycles. The number of nitrogens with zero attached hydrogens (tertiary/aromatic N) is 1. The van der Waals surface area contributed by atoms with Gasteiger partial charge in [0.25, 0.3) is 0 Å². The number of aliphatic hydroxyl groups excluding tert-OH is 1. The van der Waals surface area contributed by atoms with Crippen molar-refractivity contribution < 1.29 is 9.90 Å². The zero-order valence-electron chi connectivity index (χ0n) is 16.9. The maximum atomic E-state index is 11.7. The van der Waals surface area contributed by atoms with Crippen LogP contribution < -0.4 is 0 Å². The number of carbonyl (C=O) groups excluding carboxylic acids is 1. The standard InChI is InChI=1S/C23H39NO2/c1-3-4-5-6-7-8-9-10-11-12-13-14-15-16-17-18-19-20-23(26)24(2)21-22-25/h7-8,10-11,13-14,16-17,25H,3-6,9,12,15,18-22H2,1-2H3. The molecule has 1 amide bonds. The average molecular weight is 362 g/mol. The maximum Gasteiger partial charge on any atom is 0.222 e. The normalized spacial score (nSPS) is 12.3. The van der Waals surface area contributed by atoms with Crippen LogP contribution in [0.3, 0.4) is 0 Å². The minimum Gasteiger partial charge on any atom is -0.395 e. The number of allylic oxidation sites excluding steroid dienone is 8. The first-order valence-corrected chi connectivity index (χ1v) is 10.2. The molecule has 0 radical (unpaired) electrons. The summed E-state index contributed by atoms with van der Waals surface area (Å²) >= 11 is 0. The van der Waals surface area contributed by atoms with Crippen LogP contribution in [0.4, 0.5) is 0 Å². The zero-order valence-corrected chi connectivity index (χ0v) is 16.9. The molecule has 3 nitrogen and oxygen atoms in total. The van der Waals surface area contributed by atoms with Gasteiger partial charge in [-0.2, -0.15) is 0 Å².